The molecule has 8 heteroatoms. The van der Waals surface area contributed by atoms with Crippen LogP contribution in [0.5, 0.6) is 5.75 Å². The summed E-state index contributed by atoms with van der Waals surface area (Å²) in [6, 6.07) is 2.46. The highest BCUT2D eigenvalue weighted by Crippen LogP contribution is 2.28. The molecule has 0 bridgehead atoms. The molecular formula is C10H12F3NO3S. The molecule has 0 aliphatic heterocycles. The van der Waals surface area contributed by atoms with E-state index in [1.807, 2.05) is 13.8 Å². The van der Waals surface area contributed by atoms with Gasteiger partial charge in [0, 0.05) is 6.20 Å². The zero-order chi connectivity index (χ0) is 14.0. The van der Waals surface area contributed by atoms with Crippen molar-refractivity contribution in [2.75, 3.05) is 0 Å². The molecule has 0 fully saturated rings. The summed E-state index contributed by atoms with van der Waals surface area (Å²) in [6.07, 6.45) is 1.69. The van der Waals surface area contributed by atoms with E-state index in [0.717, 1.165) is 6.07 Å². The highest BCUT2D eigenvalue weighted by molar-refractivity contribution is 7.88. The van der Waals surface area contributed by atoms with Crippen molar-refractivity contribution in [3.8, 4) is 5.75 Å². The molecule has 1 rings (SSSR count). The Kier molecular flexibility index (Phi) is 4.20. The number of hydrogen-bond acceptors (Lipinski definition) is 4. The molecule has 0 saturated carbocycles. The van der Waals surface area contributed by atoms with Crippen LogP contribution in [0.25, 0.3) is 0 Å². The summed E-state index contributed by atoms with van der Waals surface area (Å²) in [7, 11) is -5.65. The Morgan fingerprint density at radius 1 is 1.39 bits per heavy atom. The summed E-state index contributed by atoms with van der Waals surface area (Å²) in [5.41, 5.74) is -5.27. The van der Waals surface area contributed by atoms with Crippen LogP contribution in [0.3, 0.4) is 0 Å². The predicted octanol–water partition coefficient (Wildman–Crippen LogP) is 2.51. The standard InChI is InChI=1S/C10H12F3NO3S/c1-7(2)6-8-9(4-3-5-14-8)17-18(15,16)10(11,12)13/h3-5,7H,6H2,1-2H3. The van der Waals surface area contributed by atoms with Crippen molar-refractivity contribution in [1.29, 1.82) is 0 Å². The molecule has 102 valence electrons. The van der Waals surface area contributed by atoms with E-state index in [1.165, 1.54) is 12.3 Å². The Bertz CT molecular complexity index is 511. The maximum absolute atomic E-state index is 12.2. The Morgan fingerprint density at radius 2 is 2.00 bits per heavy atom. The zero-order valence-corrected chi connectivity index (χ0v) is 10.5. The fraction of sp³-hybridized carbons (Fsp3) is 0.500. The van der Waals surface area contributed by atoms with Gasteiger partial charge in [-0.3, -0.25) is 4.98 Å². The first kappa shape index (κ1) is 14.7. The van der Waals surface area contributed by atoms with Gasteiger partial charge >= 0.3 is 15.6 Å². The molecular weight excluding hydrogens is 271 g/mol. The van der Waals surface area contributed by atoms with Gasteiger partial charge in [-0.1, -0.05) is 13.8 Å². The number of rotatable bonds is 4. The van der Waals surface area contributed by atoms with E-state index in [1.54, 1.807) is 0 Å². The molecule has 0 unspecified atom stereocenters. The zero-order valence-electron chi connectivity index (χ0n) is 9.73. The fourth-order valence-electron chi connectivity index (χ4n) is 1.20. The van der Waals surface area contributed by atoms with E-state index in [0.29, 0.717) is 6.42 Å². The van der Waals surface area contributed by atoms with Gasteiger partial charge in [0.1, 0.15) is 0 Å². The molecule has 1 aromatic heterocycles. The summed E-state index contributed by atoms with van der Waals surface area (Å²) < 4.78 is 62.4. The molecule has 0 N–H and O–H groups in total. The fourth-order valence-corrected chi connectivity index (χ4v) is 1.69. The van der Waals surface area contributed by atoms with Gasteiger partial charge in [-0.25, -0.2) is 0 Å². The average molecular weight is 283 g/mol. The molecule has 0 spiro atoms. The Hall–Kier alpha value is -1.31. The van der Waals surface area contributed by atoms with Crippen molar-refractivity contribution in [2.24, 2.45) is 5.92 Å². The molecule has 1 heterocycles. The molecule has 0 atom stereocenters. The summed E-state index contributed by atoms with van der Waals surface area (Å²) in [6.45, 7) is 3.66. The van der Waals surface area contributed by atoms with Gasteiger partial charge in [-0.15, -0.1) is 0 Å². The van der Waals surface area contributed by atoms with E-state index in [-0.39, 0.29) is 17.4 Å². The number of halogens is 3. The first-order valence-corrected chi connectivity index (χ1v) is 6.49. The third-order valence-electron chi connectivity index (χ3n) is 1.93. The second-order valence-corrected chi connectivity index (χ2v) is 5.57. The Morgan fingerprint density at radius 3 is 2.50 bits per heavy atom. The van der Waals surface area contributed by atoms with Crippen molar-refractivity contribution >= 4 is 10.1 Å². The van der Waals surface area contributed by atoms with Crippen LogP contribution in [0.2, 0.25) is 0 Å². The van der Waals surface area contributed by atoms with Crippen LogP contribution in [0.1, 0.15) is 19.5 Å². The van der Waals surface area contributed by atoms with Crippen LogP contribution >= 0.6 is 0 Å². The summed E-state index contributed by atoms with van der Waals surface area (Å²) in [4.78, 5) is 3.83. The van der Waals surface area contributed by atoms with E-state index >= 15 is 0 Å². The van der Waals surface area contributed by atoms with Crippen LogP contribution in [0.4, 0.5) is 13.2 Å². The molecule has 0 aliphatic carbocycles. The topological polar surface area (TPSA) is 56.3 Å². The van der Waals surface area contributed by atoms with Crippen LogP contribution in [-0.2, 0) is 16.5 Å². The highest BCUT2D eigenvalue weighted by atomic mass is 32.2. The third-order valence-corrected chi connectivity index (χ3v) is 2.90. The minimum Gasteiger partial charge on any atom is -0.374 e. The Labute approximate surface area is 103 Å². The van der Waals surface area contributed by atoms with Gasteiger partial charge in [0.05, 0.1) is 5.69 Å². The molecule has 18 heavy (non-hydrogen) atoms. The first-order valence-electron chi connectivity index (χ1n) is 5.08. The van der Waals surface area contributed by atoms with Gasteiger partial charge in [0.2, 0.25) is 0 Å². The lowest BCUT2D eigenvalue weighted by molar-refractivity contribution is -0.0500. The minimum atomic E-state index is -5.65. The van der Waals surface area contributed by atoms with Crippen LogP contribution in [0.15, 0.2) is 18.3 Å². The largest absolute Gasteiger partial charge is 0.534 e. The quantitative estimate of drug-likeness (QED) is 0.629. The van der Waals surface area contributed by atoms with Crippen LogP contribution < -0.4 is 4.18 Å². The molecule has 0 amide bonds. The number of hydrogen-bond donors (Lipinski definition) is 0. The molecule has 0 aliphatic rings. The number of aromatic nitrogens is 1. The van der Waals surface area contributed by atoms with Crippen molar-refractivity contribution < 1.29 is 25.8 Å². The summed E-state index contributed by atoms with van der Waals surface area (Å²) >= 11 is 0. The van der Waals surface area contributed by atoms with Gasteiger partial charge in [0.15, 0.2) is 5.75 Å². The lowest BCUT2D eigenvalue weighted by Crippen LogP contribution is -2.28. The van der Waals surface area contributed by atoms with Crippen molar-refractivity contribution in [3.63, 3.8) is 0 Å². The van der Waals surface area contributed by atoms with Gasteiger partial charge < -0.3 is 4.18 Å². The lowest BCUT2D eigenvalue weighted by atomic mass is 10.1. The van der Waals surface area contributed by atoms with E-state index in [4.69, 9.17) is 0 Å². The van der Waals surface area contributed by atoms with Gasteiger partial charge in [0.25, 0.3) is 0 Å². The monoisotopic (exact) mass is 283 g/mol. The molecule has 0 aromatic carbocycles. The first-order chi connectivity index (χ1) is 8.13. The van der Waals surface area contributed by atoms with Crippen molar-refractivity contribution in [3.05, 3.63) is 24.0 Å². The summed E-state index contributed by atoms with van der Waals surface area (Å²) in [5.74, 6) is -0.278. The third kappa shape index (κ3) is 3.59. The van der Waals surface area contributed by atoms with Gasteiger partial charge in [-0.2, -0.15) is 21.6 Å². The maximum Gasteiger partial charge on any atom is 0.534 e. The predicted molar refractivity (Wildman–Crippen MR) is 58.4 cm³/mol. The minimum absolute atomic E-state index is 0.107. The van der Waals surface area contributed by atoms with Crippen molar-refractivity contribution in [1.82, 2.24) is 4.98 Å². The molecule has 0 saturated heterocycles. The average Bonchev–Trinajstić information content (AvgIpc) is 2.18. The SMILES string of the molecule is CC(C)Cc1ncccc1OS(=O)(=O)C(F)(F)F. The maximum atomic E-state index is 12.2. The van der Waals surface area contributed by atoms with Crippen molar-refractivity contribution in [2.45, 2.75) is 25.8 Å². The lowest BCUT2D eigenvalue weighted by Gasteiger charge is -2.13. The molecule has 1 aromatic rings. The summed E-state index contributed by atoms with van der Waals surface area (Å²) in [5, 5.41) is 0. The normalized spacial score (nSPS) is 12.8. The highest BCUT2D eigenvalue weighted by Gasteiger charge is 2.48. The Balaban J connectivity index is 3.05. The van der Waals surface area contributed by atoms with E-state index in [9.17, 15) is 21.6 Å². The second kappa shape index (κ2) is 5.13. The number of nitrogens with zero attached hydrogens (tertiary/aromatic N) is 1. The molecule has 0 radical (unpaired) electrons. The van der Waals surface area contributed by atoms with Crippen LogP contribution in [0, 0.1) is 5.92 Å². The number of pyridine rings is 1. The van der Waals surface area contributed by atoms with E-state index < -0.39 is 15.6 Å². The van der Waals surface area contributed by atoms with Crippen LogP contribution in [-0.4, -0.2) is 18.9 Å². The van der Waals surface area contributed by atoms with E-state index in [2.05, 4.69) is 9.17 Å². The van der Waals surface area contributed by atoms with Gasteiger partial charge in [-0.05, 0) is 24.5 Å². The smallest absolute Gasteiger partial charge is 0.374 e. The second-order valence-electron chi connectivity index (χ2n) is 4.03. The number of alkyl halides is 3. The molecule has 4 nitrogen and oxygen atoms in total.